The molecule has 0 atom stereocenters. The summed E-state index contributed by atoms with van der Waals surface area (Å²) in [5.41, 5.74) is 1.77. The van der Waals surface area contributed by atoms with Gasteiger partial charge in [0.05, 0.1) is 23.5 Å². The molecule has 1 amide bonds. The molecule has 0 radical (unpaired) electrons. The van der Waals surface area contributed by atoms with Crippen LogP contribution < -0.4 is 5.32 Å². The Bertz CT molecular complexity index is 503. The van der Waals surface area contributed by atoms with Gasteiger partial charge in [-0.2, -0.15) is 5.10 Å². The van der Waals surface area contributed by atoms with E-state index in [0.29, 0.717) is 5.69 Å². The van der Waals surface area contributed by atoms with Crippen molar-refractivity contribution in [2.45, 2.75) is 40.5 Å². The van der Waals surface area contributed by atoms with E-state index in [9.17, 15) is 9.59 Å². The second kappa shape index (κ2) is 5.42. The van der Waals surface area contributed by atoms with Crippen molar-refractivity contribution in [1.29, 1.82) is 0 Å². The maximum atomic E-state index is 12.0. The summed E-state index contributed by atoms with van der Waals surface area (Å²) in [6.45, 7) is 7.23. The standard InChI is InChI=1S/C13H21N3O3/c1-8-12(9(2)16(5)15-8)14-10(17)6-13(3,4)7-11(18)19/h6-7H2,1-5H3,(H,14,17)(H,18,19). The Kier molecular flexibility index (Phi) is 4.34. The van der Waals surface area contributed by atoms with Gasteiger partial charge in [0.15, 0.2) is 0 Å². The van der Waals surface area contributed by atoms with E-state index in [2.05, 4.69) is 10.4 Å². The number of nitrogens with zero attached hydrogens (tertiary/aromatic N) is 2. The number of aromatic nitrogens is 2. The van der Waals surface area contributed by atoms with E-state index in [0.717, 1.165) is 11.4 Å². The molecule has 106 valence electrons. The zero-order valence-electron chi connectivity index (χ0n) is 12.1. The van der Waals surface area contributed by atoms with Crippen LogP contribution in [0.25, 0.3) is 0 Å². The number of hydrogen-bond acceptors (Lipinski definition) is 3. The van der Waals surface area contributed by atoms with Crippen LogP contribution in [0.5, 0.6) is 0 Å². The number of aliphatic carboxylic acids is 1. The molecule has 2 N–H and O–H groups in total. The first-order valence-corrected chi connectivity index (χ1v) is 6.14. The highest BCUT2D eigenvalue weighted by atomic mass is 16.4. The minimum Gasteiger partial charge on any atom is -0.481 e. The maximum absolute atomic E-state index is 12.0. The zero-order valence-corrected chi connectivity index (χ0v) is 12.1. The van der Waals surface area contributed by atoms with Crippen molar-refractivity contribution in [1.82, 2.24) is 9.78 Å². The highest BCUT2D eigenvalue weighted by molar-refractivity contribution is 5.92. The lowest BCUT2D eigenvalue weighted by atomic mass is 9.85. The van der Waals surface area contributed by atoms with Gasteiger partial charge >= 0.3 is 5.97 Å². The van der Waals surface area contributed by atoms with E-state index in [1.165, 1.54) is 0 Å². The van der Waals surface area contributed by atoms with Crippen molar-refractivity contribution >= 4 is 17.6 Å². The van der Waals surface area contributed by atoms with Gasteiger partial charge in [0, 0.05) is 13.5 Å². The summed E-state index contributed by atoms with van der Waals surface area (Å²) < 4.78 is 1.70. The molecule has 0 fully saturated rings. The second-order valence-corrected chi connectivity index (χ2v) is 5.63. The smallest absolute Gasteiger partial charge is 0.303 e. The fraction of sp³-hybridized carbons (Fsp3) is 0.615. The number of carboxylic acid groups (broad SMARTS) is 1. The molecule has 0 spiro atoms. The Morgan fingerprint density at radius 2 is 1.89 bits per heavy atom. The van der Waals surface area contributed by atoms with Crippen molar-refractivity contribution in [3.8, 4) is 0 Å². The lowest BCUT2D eigenvalue weighted by Crippen LogP contribution is -2.25. The Hall–Kier alpha value is -1.85. The molecule has 0 aliphatic carbocycles. The average molecular weight is 267 g/mol. The molecule has 19 heavy (non-hydrogen) atoms. The monoisotopic (exact) mass is 267 g/mol. The van der Waals surface area contributed by atoms with Crippen molar-refractivity contribution in [3.05, 3.63) is 11.4 Å². The van der Waals surface area contributed by atoms with Gasteiger partial charge in [-0.05, 0) is 19.3 Å². The maximum Gasteiger partial charge on any atom is 0.303 e. The molecule has 1 heterocycles. The van der Waals surface area contributed by atoms with Crippen molar-refractivity contribution in [3.63, 3.8) is 0 Å². The molecule has 0 aliphatic rings. The molecule has 1 aromatic heterocycles. The van der Waals surface area contributed by atoms with Gasteiger partial charge in [-0.25, -0.2) is 0 Å². The summed E-state index contributed by atoms with van der Waals surface area (Å²) in [4.78, 5) is 22.7. The summed E-state index contributed by atoms with van der Waals surface area (Å²) in [5, 5.41) is 15.8. The molecule has 6 nitrogen and oxygen atoms in total. The molecule has 0 aliphatic heterocycles. The van der Waals surface area contributed by atoms with Gasteiger partial charge in [-0.1, -0.05) is 13.8 Å². The first kappa shape index (κ1) is 15.2. The van der Waals surface area contributed by atoms with Crippen LogP contribution in [-0.2, 0) is 16.6 Å². The molecule has 0 aromatic carbocycles. The number of carbonyl (C=O) groups excluding carboxylic acids is 1. The molecule has 0 saturated heterocycles. The molecule has 1 aromatic rings. The number of carbonyl (C=O) groups is 2. The number of amides is 1. The van der Waals surface area contributed by atoms with Crippen LogP contribution in [0.2, 0.25) is 0 Å². The number of anilines is 1. The van der Waals surface area contributed by atoms with Gasteiger partial charge in [-0.15, -0.1) is 0 Å². The molecular formula is C13H21N3O3. The van der Waals surface area contributed by atoms with E-state index in [4.69, 9.17) is 5.11 Å². The molecule has 0 unspecified atom stereocenters. The third-order valence-corrected chi connectivity index (χ3v) is 3.04. The third-order valence-electron chi connectivity index (χ3n) is 3.04. The Morgan fingerprint density at radius 1 is 1.32 bits per heavy atom. The lowest BCUT2D eigenvalue weighted by molar-refractivity contribution is -0.139. The van der Waals surface area contributed by atoms with E-state index < -0.39 is 11.4 Å². The van der Waals surface area contributed by atoms with Crippen molar-refractivity contribution in [2.24, 2.45) is 12.5 Å². The predicted octanol–water partition coefficient (Wildman–Crippen LogP) is 1.87. The van der Waals surface area contributed by atoms with Gasteiger partial charge in [0.2, 0.25) is 5.91 Å². The van der Waals surface area contributed by atoms with Crippen molar-refractivity contribution < 1.29 is 14.7 Å². The predicted molar refractivity (Wildman–Crippen MR) is 72.0 cm³/mol. The lowest BCUT2D eigenvalue weighted by Gasteiger charge is -2.21. The van der Waals surface area contributed by atoms with Crippen LogP contribution in [0.1, 0.15) is 38.1 Å². The highest BCUT2D eigenvalue weighted by Crippen LogP contribution is 2.26. The first-order chi connectivity index (χ1) is 8.62. The minimum absolute atomic E-state index is 0.0363. The van der Waals surface area contributed by atoms with Crippen LogP contribution in [0.4, 0.5) is 5.69 Å². The third kappa shape index (κ3) is 4.08. The average Bonchev–Trinajstić information content (AvgIpc) is 2.42. The Morgan fingerprint density at radius 3 is 2.32 bits per heavy atom. The van der Waals surface area contributed by atoms with E-state index in [1.54, 1.807) is 18.5 Å². The number of nitrogens with one attached hydrogen (secondary N) is 1. The Labute approximate surface area is 112 Å². The molecular weight excluding hydrogens is 246 g/mol. The van der Waals surface area contributed by atoms with Gasteiger partial charge in [0.25, 0.3) is 0 Å². The second-order valence-electron chi connectivity index (χ2n) is 5.63. The van der Waals surface area contributed by atoms with Gasteiger partial charge < -0.3 is 10.4 Å². The topological polar surface area (TPSA) is 84.2 Å². The number of aryl methyl sites for hydroxylation is 2. The van der Waals surface area contributed by atoms with Crippen LogP contribution in [0, 0.1) is 19.3 Å². The summed E-state index contributed by atoms with van der Waals surface area (Å²) in [6, 6.07) is 0. The number of hydrogen-bond donors (Lipinski definition) is 2. The molecule has 6 heteroatoms. The van der Waals surface area contributed by atoms with Crippen LogP contribution in [-0.4, -0.2) is 26.8 Å². The van der Waals surface area contributed by atoms with Gasteiger partial charge in [-0.3, -0.25) is 14.3 Å². The van der Waals surface area contributed by atoms with Gasteiger partial charge in [0.1, 0.15) is 0 Å². The van der Waals surface area contributed by atoms with Crippen molar-refractivity contribution in [2.75, 3.05) is 5.32 Å². The Balaban J connectivity index is 2.73. The molecule has 1 rings (SSSR count). The van der Waals surface area contributed by atoms with E-state index in [-0.39, 0.29) is 18.7 Å². The minimum atomic E-state index is -0.897. The molecule has 0 bridgehead atoms. The van der Waals surface area contributed by atoms with E-state index in [1.807, 2.05) is 20.9 Å². The fourth-order valence-corrected chi connectivity index (χ4v) is 2.04. The largest absolute Gasteiger partial charge is 0.481 e. The summed E-state index contributed by atoms with van der Waals surface area (Å²) in [6.07, 6.45) is 0.124. The zero-order chi connectivity index (χ0) is 14.8. The molecule has 0 saturated carbocycles. The van der Waals surface area contributed by atoms with E-state index >= 15 is 0 Å². The summed E-state index contributed by atoms with van der Waals surface area (Å²) >= 11 is 0. The van der Waals surface area contributed by atoms with Crippen LogP contribution >= 0.6 is 0 Å². The summed E-state index contributed by atoms with van der Waals surface area (Å²) in [5.74, 6) is -1.09. The van der Waals surface area contributed by atoms with Crippen LogP contribution in [0.15, 0.2) is 0 Å². The fourth-order valence-electron chi connectivity index (χ4n) is 2.04. The van der Waals surface area contributed by atoms with Crippen LogP contribution in [0.3, 0.4) is 0 Å². The normalized spacial score (nSPS) is 11.4. The summed E-state index contributed by atoms with van der Waals surface area (Å²) in [7, 11) is 1.81. The SMILES string of the molecule is Cc1nn(C)c(C)c1NC(=O)CC(C)(C)CC(=O)O. The highest BCUT2D eigenvalue weighted by Gasteiger charge is 2.26. The quantitative estimate of drug-likeness (QED) is 0.853. The first-order valence-electron chi connectivity index (χ1n) is 6.14. The number of carboxylic acids is 1. The number of rotatable bonds is 5.